The Bertz CT molecular complexity index is 994. The molecule has 3 aromatic carbocycles. The fourth-order valence-corrected chi connectivity index (χ4v) is 3.74. The second-order valence-corrected chi connectivity index (χ2v) is 7.52. The first-order valence-corrected chi connectivity index (χ1v) is 10.7. The highest BCUT2D eigenvalue weighted by molar-refractivity contribution is 5.73. The van der Waals surface area contributed by atoms with Crippen LogP contribution in [-0.4, -0.2) is 18.7 Å². The predicted octanol–water partition coefficient (Wildman–Crippen LogP) is 6.25. The van der Waals surface area contributed by atoms with Gasteiger partial charge in [-0.1, -0.05) is 66.7 Å². The maximum absolute atomic E-state index is 10.9. The van der Waals surface area contributed by atoms with Gasteiger partial charge in [-0.2, -0.15) is 0 Å². The van der Waals surface area contributed by atoms with E-state index in [1.807, 2.05) is 67.7 Å². The van der Waals surface area contributed by atoms with Crippen molar-refractivity contribution >= 4 is 0 Å². The van der Waals surface area contributed by atoms with Gasteiger partial charge < -0.3 is 15.2 Å². The Kier molecular flexibility index (Phi) is 8.08. The molecule has 0 heterocycles. The average molecular weight is 414 g/mol. The Morgan fingerprint density at radius 3 is 2.29 bits per heavy atom. The normalized spacial score (nSPS) is 11.6. The molecule has 0 aromatic heterocycles. The van der Waals surface area contributed by atoms with Gasteiger partial charge in [-0.05, 0) is 55.3 Å². The highest BCUT2D eigenvalue weighted by atomic mass is 16.5. The molecule has 0 bridgehead atoms. The van der Waals surface area contributed by atoms with E-state index < -0.39 is 0 Å². The molecular weight excluding hydrogens is 382 g/mol. The van der Waals surface area contributed by atoms with Crippen LogP contribution in [0.15, 0.2) is 92.0 Å². The zero-order valence-electron chi connectivity index (χ0n) is 18.2. The monoisotopic (exact) mass is 413 g/mol. The number of hydrogen-bond acceptors (Lipinski definition) is 3. The number of nitrogens with one attached hydrogen (secondary N) is 1. The van der Waals surface area contributed by atoms with E-state index in [1.54, 1.807) is 0 Å². The molecule has 0 spiro atoms. The zero-order valence-corrected chi connectivity index (χ0v) is 18.2. The van der Waals surface area contributed by atoms with Crippen molar-refractivity contribution in [1.29, 1.82) is 0 Å². The first kappa shape index (κ1) is 22.4. The second kappa shape index (κ2) is 11.2. The lowest BCUT2D eigenvalue weighted by atomic mass is 9.94. The lowest BCUT2D eigenvalue weighted by molar-refractivity contribution is 0.195. The zero-order chi connectivity index (χ0) is 22.1. The summed E-state index contributed by atoms with van der Waals surface area (Å²) < 4.78 is 6.31. The molecule has 1 unspecified atom stereocenters. The summed E-state index contributed by atoms with van der Waals surface area (Å²) in [6.45, 7) is 8.51. The molecule has 0 fully saturated rings. The maximum Gasteiger partial charge on any atom is 0.127 e. The minimum absolute atomic E-state index is 0.0229. The van der Waals surface area contributed by atoms with Gasteiger partial charge in [0.2, 0.25) is 0 Å². The molecule has 0 aliphatic carbocycles. The third kappa shape index (κ3) is 5.65. The van der Waals surface area contributed by atoms with Crippen molar-refractivity contribution in [3.05, 3.63) is 109 Å². The van der Waals surface area contributed by atoms with Crippen molar-refractivity contribution in [1.82, 2.24) is 5.32 Å². The molecule has 1 atom stereocenters. The number of phenols is 1. The van der Waals surface area contributed by atoms with Crippen molar-refractivity contribution in [2.75, 3.05) is 13.6 Å². The maximum atomic E-state index is 10.9. The van der Waals surface area contributed by atoms with Gasteiger partial charge >= 0.3 is 0 Å². The predicted molar refractivity (Wildman–Crippen MR) is 130 cm³/mol. The summed E-state index contributed by atoms with van der Waals surface area (Å²) in [4.78, 5) is 0. The van der Waals surface area contributed by atoms with Gasteiger partial charge in [-0.3, -0.25) is 0 Å². The average Bonchev–Trinajstić information content (AvgIpc) is 2.80. The molecule has 160 valence electrons. The SMILES string of the molecule is C=CCc1ccc(-c2ccc(OC(CCNC)c3ccccc3)cc2)c(O)c1CC=C. The van der Waals surface area contributed by atoms with Crippen molar-refractivity contribution in [3.63, 3.8) is 0 Å². The lowest BCUT2D eigenvalue weighted by Crippen LogP contribution is -2.16. The number of phenolic OH excluding ortho intramolecular Hbond substituents is 1. The molecule has 3 heteroatoms. The van der Waals surface area contributed by atoms with Crippen LogP contribution < -0.4 is 10.1 Å². The number of aromatic hydroxyl groups is 1. The van der Waals surface area contributed by atoms with Gasteiger partial charge in [0, 0.05) is 17.5 Å². The van der Waals surface area contributed by atoms with E-state index in [0.717, 1.165) is 53.0 Å². The van der Waals surface area contributed by atoms with Gasteiger partial charge in [-0.25, -0.2) is 0 Å². The fourth-order valence-electron chi connectivity index (χ4n) is 3.74. The van der Waals surface area contributed by atoms with E-state index in [1.165, 1.54) is 0 Å². The first-order chi connectivity index (χ1) is 15.2. The van der Waals surface area contributed by atoms with Crippen LogP contribution in [0.4, 0.5) is 0 Å². The van der Waals surface area contributed by atoms with Crippen LogP contribution >= 0.6 is 0 Å². The summed E-state index contributed by atoms with van der Waals surface area (Å²) in [5.41, 5.74) is 4.90. The number of benzene rings is 3. The minimum atomic E-state index is -0.0229. The molecule has 0 aliphatic rings. The summed E-state index contributed by atoms with van der Waals surface area (Å²) >= 11 is 0. The van der Waals surface area contributed by atoms with Crippen LogP contribution in [0, 0.1) is 0 Å². The van der Waals surface area contributed by atoms with Crippen LogP contribution in [0.3, 0.4) is 0 Å². The largest absolute Gasteiger partial charge is 0.507 e. The third-order valence-corrected chi connectivity index (χ3v) is 5.36. The van der Waals surface area contributed by atoms with Gasteiger partial charge in [0.05, 0.1) is 0 Å². The summed E-state index contributed by atoms with van der Waals surface area (Å²) in [5, 5.41) is 14.1. The molecule has 0 radical (unpaired) electrons. The number of ether oxygens (including phenoxy) is 1. The standard InChI is InChI=1S/C28H31NO2/c1-4-9-21-15-18-26(28(30)25(21)10-5-2)22-13-16-24(17-14-22)31-27(19-20-29-3)23-11-7-6-8-12-23/h4-8,11-18,27,29-30H,1-2,9-10,19-20H2,3H3. The van der Waals surface area contributed by atoms with E-state index in [-0.39, 0.29) is 6.10 Å². The highest BCUT2D eigenvalue weighted by Gasteiger charge is 2.15. The molecule has 31 heavy (non-hydrogen) atoms. The third-order valence-electron chi connectivity index (χ3n) is 5.36. The molecule has 0 saturated carbocycles. The quantitative estimate of drug-likeness (QED) is 0.365. The van der Waals surface area contributed by atoms with E-state index in [2.05, 4.69) is 36.7 Å². The van der Waals surface area contributed by atoms with Crippen molar-refractivity contribution in [2.45, 2.75) is 25.4 Å². The topological polar surface area (TPSA) is 41.5 Å². The van der Waals surface area contributed by atoms with Crippen molar-refractivity contribution in [2.24, 2.45) is 0 Å². The summed E-state index contributed by atoms with van der Waals surface area (Å²) in [6, 6.07) is 22.2. The van der Waals surface area contributed by atoms with Gasteiger partial charge in [-0.15, -0.1) is 13.2 Å². The molecule has 3 rings (SSSR count). The van der Waals surface area contributed by atoms with Gasteiger partial charge in [0.15, 0.2) is 0 Å². The number of allylic oxidation sites excluding steroid dienone is 2. The lowest BCUT2D eigenvalue weighted by Gasteiger charge is -2.20. The second-order valence-electron chi connectivity index (χ2n) is 7.52. The Morgan fingerprint density at radius 1 is 0.935 bits per heavy atom. The minimum Gasteiger partial charge on any atom is -0.507 e. The molecular formula is C28H31NO2. The van der Waals surface area contributed by atoms with Gasteiger partial charge in [0.25, 0.3) is 0 Å². The van der Waals surface area contributed by atoms with Crippen LogP contribution in [0.2, 0.25) is 0 Å². The first-order valence-electron chi connectivity index (χ1n) is 10.7. The number of hydrogen-bond donors (Lipinski definition) is 2. The van der Waals surface area contributed by atoms with Gasteiger partial charge in [0.1, 0.15) is 17.6 Å². The van der Waals surface area contributed by atoms with Crippen LogP contribution in [0.25, 0.3) is 11.1 Å². The fraction of sp³-hybridized carbons (Fsp3) is 0.214. The Labute approximate surface area is 185 Å². The molecule has 0 amide bonds. The molecule has 2 N–H and O–H groups in total. The number of rotatable bonds is 11. The summed E-state index contributed by atoms with van der Waals surface area (Å²) in [6.07, 6.45) is 5.86. The Hall–Kier alpha value is -3.30. The molecule has 0 saturated heterocycles. The summed E-state index contributed by atoms with van der Waals surface area (Å²) in [7, 11) is 1.95. The van der Waals surface area contributed by atoms with E-state index >= 15 is 0 Å². The van der Waals surface area contributed by atoms with E-state index in [9.17, 15) is 5.11 Å². The molecule has 0 aliphatic heterocycles. The van der Waals surface area contributed by atoms with Crippen molar-refractivity contribution < 1.29 is 9.84 Å². The molecule has 3 aromatic rings. The van der Waals surface area contributed by atoms with Crippen LogP contribution in [-0.2, 0) is 12.8 Å². The highest BCUT2D eigenvalue weighted by Crippen LogP contribution is 2.36. The van der Waals surface area contributed by atoms with E-state index in [4.69, 9.17) is 4.74 Å². The summed E-state index contributed by atoms with van der Waals surface area (Å²) in [5.74, 6) is 1.12. The Balaban J connectivity index is 1.84. The molecule has 3 nitrogen and oxygen atoms in total. The van der Waals surface area contributed by atoms with E-state index in [0.29, 0.717) is 12.2 Å². The van der Waals surface area contributed by atoms with Crippen LogP contribution in [0.5, 0.6) is 11.5 Å². The van der Waals surface area contributed by atoms with Crippen molar-refractivity contribution in [3.8, 4) is 22.6 Å². The Morgan fingerprint density at radius 2 is 1.65 bits per heavy atom. The smallest absolute Gasteiger partial charge is 0.127 e. The van der Waals surface area contributed by atoms with Crippen LogP contribution in [0.1, 0.15) is 29.2 Å².